The Morgan fingerprint density at radius 1 is 1.53 bits per heavy atom. The molecule has 1 aliphatic heterocycles. The summed E-state index contributed by atoms with van der Waals surface area (Å²) in [6.07, 6.45) is 5.02. The Bertz CT molecular complexity index is 485. The highest BCUT2D eigenvalue weighted by Gasteiger charge is 2.34. The van der Waals surface area contributed by atoms with Crippen molar-refractivity contribution in [3.05, 3.63) is 18.7 Å². The smallest absolute Gasteiger partial charge is 0.328 e. The number of hydrogen-bond acceptors (Lipinski definition) is 4. The maximum absolute atomic E-state index is 12.0. The molecule has 1 aromatic heterocycles. The molecule has 2 heterocycles. The zero-order valence-corrected chi connectivity index (χ0v) is 10.2. The van der Waals surface area contributed by atoms with E-state index in [1.165, 1.54) is 0 Å². The topological polar surface area (TPSA) is 105 Å². The van der Waals surface area contributed by atoms with Gasteiger partial charge in [0.2, 0.25) is 11.8 Å². The maximum atomic E-state index is 12.0. The quantitative estimate of drug-likeness (QED) is 0.703. The molecule has 2 rings (SSSR count). The number of amides is 2. The van der Waals surface area contributed by atoms with Gasteiger partial charge in [0.15, 0.2) is 0 Å². The van der Waals surface area contributed by atoms with Crippen molar-refractivity contribution >= 4 is 17.8 Å². The van der Waals surface area contributed by atoms with Crippen molar-refractivity contribution < 1.29 is 19.5 Å². The Labute approximate surface area is 109 Å². The van der Waals surface area contributed by atoms with Gasteiger partial charge < -0.3 is 19.9 Å². The summed E-state index contributed by atoms with van der Waals surface area (Å²) in [6.45, 7) is 0.147. The van der Waals surface area contributed by atoms with E-state index in [4.69, 9.17) is 5.11 Å². The van der Waals surface area contributed by atoms with Crippen LogP contribution in [0.3, 0.4) is 0 Å². The highest BCUT2D eigenvalue weighted by Crippen LogP contribution is 2.07. The third kappa shape index (κ3) is 3.09. The number of hydrogen-bond donors (Lipinski definition) is 2. The monoisotopic (exact) mass is 266 g/mol. The van der Waals surface area contributed by atoms with E-state index in [1.54, 1.807) is 23.3 Å². The predicted octanol–water partition coefficient (Wildman–Crippen LogP) is -1.32. The average molecular weight is 266 g/mol. The lowest BCUT2D eigenvalue weighted by atomic mass is 10.1. The molecule has 0 radical (unpaired) electrons. The Balaban J connectivity index is 1.98. The van der Waals surface area contributed by atoms with Crippen molar-refractivity contribution in [2.45, 2.75) is 19.0 Å². The van der Waals surface area contributed by atoms with Gasteiger partial charge in [-0.05, 0) is 0 Å². The molecule has 1 saturated heterocycles. The number of aryl methyl sites for hydroxylation is 1. The van der Waals surface area contributed by atoms with Crippen LogP contribution in [0.4, 0.5) is 0 Å². The van der Waals surface area contributed by atoms with Gasteiger partial charge in [0, 0.05) is 31.9 Å². The molecule has 0 bridgehead atoms. The van der Waals surface area contributed by atoms with E-state index in [2.05, 4.69) is 10.3 Å². The fourth-order valence-electron chi connectivity index (χ4n) is 1.91. The number of carbonyl (C=O) groups is 3. The SMILES string of the molecule is O=C1CN(C(=O)CCn2ccnc2)C(C(=O)O)CN1. The number of carbonyl (C=O) groups excluding carboxylic acids is 2. The molecule has 0 spiro atoms. The van der Waals surface area contributed by atoms with E-state index in [0.29, 0.717) is 6.54 Å². The second-order valence-electron chi connectivity index (χ2n) is 4.23. The summed E-state index contributed by atoms with van der Waals surface area (Å²) in [5.74, 6) is -1.81. The van der Waals surface area contributed by atoms with Crippen molar-refractivity contribution in [1.82, 2.24) is 19.8 Å². The summed E-state index contributed by atoms with van der Waals surface area (Å²) in [6, 6.07) is -0.993. The van der Waals surface area contributed by atoms with Gasteiger partial charge >= 0.3 is 5.97 Å². The van der Waals surface area contributed by atoms with Gasteiger partial charge in [0.05, 0.1) is 6.33 Å². The van der Waals surface area contributed by atoms with Crippen LogP contribution in [0.1, 0.15) is 6.42 Å². The molecule has 1 unspecified atom stereocenters. The number of carboxylic acids is 1. The van der Waals surface area contributed by atoms with E-state index < -0.39 is 12.0 Å². The molecule has 2 N–H and O–H groups in total. The van der Waals surface area contributed by atoms with E-state index in [9.17, 15) is 14.4 Å². The molecular weight excluding hydrogens is 252 g/mol. The summed E-state index contributed by atoms with van der Waals surface area (Å²) < 4.78 is 1.72. The van der Waals surface area contributed by atoms with Crippen LogP contribution in [-0.4, -0.2) is 56.5 Å². The van der Waals surface area contributed by atoms with Gasteiger partial charge in [-0.1, -0.05) is 0 Å². The third-order valence-corrected chi connectivity index (χ3v) is 2.93. The first kappa shape index (κ1) is 13.1. The summed E-state index contributed by atoms with van der Waals surface area (Å²) in [7, 11) is 0. The molecule has 8 heteroatoms. The zero-order valence-electron chi connectivity index (χ0n) is 10.2. The van der Waals surface area contributed by atoms with Crippen LogP contribution in [0.5, 0.6) is 0 Å². The van der Waals surface area contributed by atoms with Crippen molar-refractivity contribution in [2.75, 3.05) is 13.1 Å². The summed E-state index contributed by atoms with van der Waals surface area (Å²) in [4.78, 5) is 39.3. The third-order valence-electron chi connectivity index (χ3n) is 2.93. The molecule has 1 aliphatic rings. The number of rotatable bonds is 4. The lowest BCUT2D eigenvalue weighted by molar-refractivity contribution is -0.154. The van der Waals surface area contributed by atoms with Gasteiger partial charge in [0.25, 0.3) is 0 Å². The van der Waals surface area contributed by atoms with Crippen LogP contribution in [0.2, 0.25) is 0 Å². The Morgan fingerprint density at radius 2 is 2.32 bits per heavy atom. The Kier molecular flexibility index (Phi) is 3.79. The number of imidazole rings is 1. The van der Waals surface area contributed by atoms with Gasteiger partial charge in [-0.25, -0.2) is 9.78 Å². The van der Waals surface area contributed by atoms with Gasteiger partial charge in [-0.15, -0.1) is 0 Å². The van der Waals surface area contributed by atoms with Gasteiger partial charge in [-0.2, -0.15) is 0 Å². The molecule has 0 aliphatic carbocycles. The number of carboxylic acid groups (broad SMARTS) is 1. The molecule has 102 valence electrons. The molecule has 1 aromatic rings. The minimum atomic E-state index is -1.11. The van der Waals surface area contributed by atoms with Gasteiger partial charge in [0.1, 0.15) is 12.6 Å². The van der Waals surface area contributed by atoms with Crippen LogP contribution in [0.15, 0.2) is 18.7 Å². The van der Waals surface area contributed by atoms with Crippen molar-refractivity contribution in [3.8, 4) is 0 Å². The Hall–Kier alpha value is -2.38. The van der Waals surface area contributed by atoms with Gasteiger partial charge in [-0.3, -0.25) is 9.59 Å². The lowest BCUT2D eigenvalue weighted by Gasteiger charge is -2.32. The number of nitrogens with zero attached hydrogens (tertiary/aromatic N) is 3. The number of aliphatic carboxylic acids is 1. The fraction of sp³-hybridized carbons (Fsp3) is 0.455. The largest absolute Gasteiger partial charge is 0.480 e. The van der Waals surface area contributed by atoms with E-state index in [1.807, 2.05) is 0 Å². The van der Waals surface area contributed by atoms with E-state index >= 15 is 0 Å². The van der Waals surface area contributed by atoms with Crippen molar-refractivity contribution in [2.24, 2.45) is 0 Å². The predicted molar refractivity (Wildman–Crippen MR) is 63.0 cm³/mol. The first-order valence-corrected chi connectivity index (χ1v) is 5.82. The summed E-state index contributed by atoms with van der Waals surface area (Å²) in [5, 5.41) is 11.5. The maximum Gasteiger partial charge on any atom is 0.328 e. The average Bonchev–Trinajstić information content (AvgIpc) is 2.88. The molecule has 2 amide bonds. The molecule has 1 atom stereocenters. The van der Waals surface area contributed by atoms with Crippen LogP contribution in [0, 0.1) is 0 Å². The van der Waals surface area contributed by atoms with E-state index in [-0.39, 0.29) is 31.3 Å². The summed E-state index contributed by atoms with van der Waals surface area (Å²) >= 11 is 0. The van der Waals surface area contributed by atoms with Crippen LogP contribution in [-0.2, 0) is 20.9 Å². The first-order chi connectivity index (χ1) is 9.08. The second kappa shape index (κ2) is 5.51. The minimum absolute atomic E-state index is 0.0506. The van der Waals surface area contributed by atoms with Crippen LogP contribution in [0.25, 0.3) is 0 Å². The lowest BCUT2D eigenvalue weighted by Crippen LogP contribution is -2.59. The number of piperazine rings is 1. The standard InChI is InChI=1S/C11H14N4O4/c16-9-6-15(8(5-13-9)11(18)19)10(17)1-3-14-4-2-12-7-14/h2,4,7-8H,1,3,5-6H2,(H,13,16)(H,18,19). The van der Waals surface area contributed by atoms with Crippen LogP contribution < -0.4 is 5.32 Å². The highest BCUT2D eigenvalue weighted by atomic mass is 16.4. The molecular formula is C11H14N4O4. The minimum Gasteiger partial charge on any atom is -0.480 e. The molecule has 19 heavy (non-hydrogen) atoms. The highest BCUT2D eigenvalue weighted by molar-refractivity contribution is 5.91. The van der Waals surface area contributed by atoms with E-state index in [0.717, 1.165) is 4.90 Å². The normalized spacial score (nSPS) is 19.1. The fourth-order valence-corrected chi connectivity index (χ4v) is 1.91. The first-order valence-electron chi connectivity index (χ1n) is 5.82. The van der Waals surface area contributed by atoms with Crippen molar-refractivity contribution in [1.29, 1.82) is 0 Å². The Morgan fingerprint density at radius 3 is 2.95 bits per heavy atom. The zero-order chi connectivity index (χ0) is 13.8. The molecule has 0 saturated carbocycles. The molecule has 8 nitrogen and oxygen atoms in total. The second-order valence-corrected chi connectivity index (χ2v) is 4.23. The van der Waals surface area contributed by atoms with Crippen LogP contribution >= 0.6 is 0 Å². The number of nitrogens with one attached hydrogen (secondary N) is 1. The number of aromatic nitrogens is 2. The summed E-state index contributed by atoms with van der Waals surface area (Å²) in [5.41, 5.74) is 0. The molecule has 0 aromatic carbocycles. The molecule has 1 fully saturated rings. The van der Waals surface area contributed by atoms with Crippen molar-refractivity contribution in [3.63, 3.8) is 0 Å².